The highest BCUT2D eigenvalue weighted by Gasteiger charge is 2.41. The number of carbonyl (C=O) groups is 4. The minimum Gasteiger partial charge on any atom is -0.465 e. The Morgan fingerprint density at radius 3 is 1.23 bits per heavy atom. The zero-order valence-corrected chi connectivity index (χ0v) is 37.6. The fourth-order valence-corrected chi connectivity index (χ4v) is 5.78. The molecule has 0 N–H and O–H groups in total. The average molecular weight is 914 g/mol. The van der Waals surface area contributed by atoms with Gasteiger partial charge >= 0.3 is 35.0 Å². The van der Waals surface area contributed by atoms with Gasteiger partial charge in [-0.2, -0.15) is 37.9 Å². The third-order valence-corrected chi connectivity index (χ3v) is 9.37. The second-order valence-corrected chi connectivity index (χ2v) is 14.2. The molecule has 0 bridgehead atoms. The van der Waals surface area contributed by atoms with Crippen LogP contribution in [-0.4, -0.2) is 88.7 Å². The van der Waals surface area contributed by atoms with Crippen molar-refractivity contribution in [3.63, 3.8) is 0 Å². The zero-order chi connectivity index (χ0) is 47.8. The molecule has 0 aliphatic rings. The molecule has 2 aromatic carbocycles. The fourth-order valence-electron chi connectivity index (χ4n) is 5.23. The molecule has 18 heteroatoms. The summed E-state index contributed by atoms with van der Waals surface area (Å²) in [5, 5.41) is 0. The van der Waals surface area contributed by atoms with E-state index in [4.69, 9.17) is 26.7 Å². The van der Waals surface area contributed by atoms with Crippen molar-refractivity contribution in [1.29, 1.82) is 0 Å². The Labute approximate surface area is 377 Å². The number of aromatic nitrogens is 3. The van der Waals surface area contributed by atoms with E-state index < -0.39 is 46.2 Å². The zero-order valence-electron chi connectivity index (χ0n) is 36.9. The summed E-state index contributed by atoms with van der Waals surface area (Å²) in [5.74, 6) is -1.67. The molecule has 0 amide bonds. The quantitative estimate of drug-likeness (QED) is 0.0267. The molecule has 0 fully saturated rings. The molecule has 0 aliphatic heterocycles. The van der Waals surface area contributed by atoms with Gasteiger partial charge in [0, 0.05) is 47.0 Å². The average Bonchev–Trinajstić information content (AvgIpc) is 3.30. The lowest BCUT2D eigenvalue weighted by molar-refractivity contribution is -0.176. The highest BCUT2D eigenvalue weighted by molar-refractivity contribution is 7.80. The largest absolute Gasteiger partial charge is 0.465 e. The normalized spacial score (nSPS) is 10.9. The molecule has 1 aromatic heterocycles. The van der Waals surface area contributed by atoms with Crippen LogP contribution in [0.4, 0.5) is 0 Å². The monoisotopic (exact) mass is 913 g/mol. The fraction of sp³-hybridized carbons (Fsp3) is 0.419. The van der Waals surface area contributed by atoms with E-state index in [0.717, 1.165) is 13.7 Å². The lowest BCUT2D eigenvalue weighted by atomic mass is 9.88. The lowest BCUT2D eigenvalue weighted by Crippen LogP contribution is -2.54. The summed E-state index contributed by atoms with van der Waals surface area (Å²) < 4.78 is 39.3. The second-order valence-electron chi connectivity index (χ2n) is 12.9. The molecular formula is C43H61N3O12S3. The van der Waals surface area contributed by atoms with Crippen molar-refractivity contribution in [1.82, 2.24) is 13.7 Å². The number of ether oxygens (including phenoxy) is 5. The van der Waals surface area contributed by atoms with Crippen LogP contribution in [0.25, 0.3) is 0 Å². The van der Waals surface area contributed by atoms with Gasteiger partial charge in [0.05, 0.1) is 44.3 Å². The van der Waals surface area contributed by atoms with Crippen molar-refractivity contribution in [2.24, 2.45) is 5.41 Å². The van der Waals surface area contributed by atoms with Gasteiger partial charge in [0.2, 0.25) is 5.78 Å². The van der Waals surface area contributed by atoms with E-state index in [2.05, 4.69) is 57.6 Å². The first-order chi connectivity index (χ1) is 30.2. The Morgan fingerprint density at radius 1 is 0.623 bits per heavy atom. The van der Waals surface area contributed by atoms with Gasteiger partial charge in [-0.1, -0.05) is 85.8 Å². The summed E-state index contributed by atoms with van der Waals surface area (Å²) in [4.78, 5) is 83.2. The van der Waals surface area contributed by atoms with E-state index in [1.54, 1.807) is 12.1 Å². The third-order valence-electron chi connectivity index (χ3n) is 8.70. The van der Waals surface area contributed by atoms with Crippen LogP contribution in [-0.2, 0) is 63.5 Å². The Kier molecular flexibility index (Phi) is 25.2. The number of carbonyl (C=O) groups excluding carboxylic acids is 4. The number of methoxy groups -OCH3 is 2. The number of ketones is 1. The van der Waals surface area contributed by atoms with Gasteiger partial charge in [0.15, 0.2) is 0 Å². The summed E-state index contributed by atoms with van der Waals surface area (Å²) >= 11 is 11.9. The van der Waals surface area contributed by atoms with Crippen molar-refractivity contribution in [3.05, 3.63) is 141 Å². The molecule has 3 rings (SSSR count). The van der Waals surface area contributed by atoms with Crippen LogP contribution in [0, 0.1) is 5.41 Å². The van der Waals surface area contributed by atoms with Gasteiger partial charge < -0.3 is 23.7 Å². The Morgan fingerprint density at radius 2 is 0.951 bits per heavy atom. The molecule has 0 spiro atoms. The minimum absolute atomic E-state index is 0. The number of thiol groups is 3. The van der Waals surface area contributed by atoms with E-state index >= 15 is 0 Å². The first-order valence-electron chi connectivity index (χ1n) is 20.1. The highest BCUT2D eigenvalue weighted by atomic mass is 32.1. The van der Waals surface area contributed by atoms with Crippen LogP contribution in [0.5, 0.6) is 0 Å². The molecule has 61 heavy (non-hydrogen) atoms. The van der Waals surface area contributed by atoms with Gasteiger partial charge in [-0.15, -0.1) is 19.7 Å². The van der Waals surface area contributed by atoms with Gasteiger partial charge in [-0.05, 0) is 6.42 Å². The van der Waals surface area contributed by atoms with Crippen LogP contribution < -0.4 is 17.1 Å². The Bertz CT molecular complexity index is 1890. The molecule has 0 saturated heterocycles. The number of benzene rings is 2. The van der Waals surface area contributed by atoms with E-state index in [1.165, 1.54) is 32.4 Å². The van der Waals surface area contributed by atoms with Gasteiger partial charge in [0.1, 0.15) is 19.8 Å². The second kappa shape index (κ2) is 29.4. The molecule has 0 unspecified atom stereocenters. The molecule has 15 nitrogen and oxygen atoms in total. The van der Waals surface area contributed by atoms with Crippen molar-refractivity contribution >= 4 is 61.6 Å². The molecule has 0 saturated carbocycles. The highest BCUT2D eigenvalue weighted by Crippen LogP contribution is 2.30. The first kappa shape index (κ1) is 52.3. The maximum absolute atomic E-state index is 12.7. The first-order valence-corrected chi connectivity index (χ1v) is 21.0. The number of rotatable bonds is 24. The van der Waals surface area contributed by atoms with Crippen LogP contribution in [0.1, 0.15) is 52.9 Å². The topological polar surface area (TPSA) is 180 Å². The maximum atomic E-state index is 12.7. The van der Waals surface area contributed by atoms with Gasteiger partial charge in [-0.3, -0.25) is 19.2 Å². The molecule has 0 radical (unpaired) electrons. The van der Waals surface area contributed by atoms with E-state index in [0.29, 0.717) is 34.8 Å². The van der Waals surface area contributed by atoms with Gasteiger partial charge in [-0.25, -0.2) is 28.1 Å². The van der Waals surface area contributed by atoms with Crippen molar-refractivity contribution in [2.75, 3.05) is 51.3 Å². The summed E-state index contributed by atoms with van der Waals surface area (Å²) in [5.41, 5.74) is -1.53. The summed E-state index contributed by atoms with van der Waals surface area (Å²) in [6, 6.07) is 18.2. The number of esters is 3. The molecular weight excluding hydrogens is 847 g/mol. The van der Waals surface area contributed by atoms with Crippen LogP contribution >= 0.6 is 37.9 Å². The standard InChI is InChI=1S/C16H16O3.C15H26O6S3.C12H15N3O3.2H2/c1-18-16(19-2,14-11-7-4-8-12-14)15(17)13-9-5-3-6-10-13;1-2-15(9-19-12(16)3-6-22,10-20-13(17)4-7-23)11-21-14(18)5-8-24;1-4-7-13-10(16)14(8-5-2)12(18)15(9-6-3)11(13)17;;/h3-12H,1-2H3;22-24H,2-11H2,1H3;4-6H,1-3,7-9H2;2*1H/i;;;1+2T;1+2. The van der Waals surface area contributed by atoms with Crippen LogP contribution in [0.2, 0.25) is 0 Å². The van der Waals surface area contributed by atoms with Gasteiger partial charge in [0.25, 0.3) is 5.79 Å². The van der Waals surface area contributed by atoms with Crippen molar-refractivity contribution in [2.45, 2.75) is 58.0 Å². The molecule has 0 atom stereocenters. The molecule has 1 heterocycles. The number of hydrogen-bond donors (Lipinski definition) is 3. The number of hydrogen-bond acceptors (Lipinski definition) is 15. The van der Waals surface area contributed by atoms with E-state index in [1.807, 2.05) is 55.5 Å². The van der Waals surface area contributed by atoms with Crippen LogP contribution in [0.3, 0.4) is 0 Å². The SMILES string of the molecule is C=CCn1c(=O)n(CC=C)c(=O)n(CC=C)c1=O.CCC(COC(=O)CCS)(COC(=O)CCS)COC(=O)CCS.COC(OC)(C(=O)c1ccccc1)c1ccccc1.[3HH].[3H][3H]. The maximum Gasteiger partial charge on any atom is 0.336 e. The molecule has 3 aromatic rings. The lowest BCUT2D eigenvalue weighted by Gasteiger charge is -2.31. The van der Waals surface area contributed by atoms with E-state index in [9.17, 15) is 33.6 Å². The summed E-state index contributed by atoms with van der Waals surface area (Å²) in [6.07, 6.45) is 5.31. The predicted octanol–water partition coefficient (Wildman–Crippen LogP) is 5.21. The van der Waals surface area contributed by atoms with E-state index in [-0.39, 0.29) is 65.9 Å². The smallest absolute Gasteiger partial charge is 0.336 e. The third kappa shape index (κ3) is 16.8. The van der Waals surface area contributed by atoms with Crippen LogP contribution in [0.15, 0.2) is 113 Å². The molecule has 0 aliphatic carbocycles. The Balaban J connectivity index is 0. The summed E-state index contributed by atoms with van der Waals surface area (Å²) in [7, 11) is 2.94. The molecule has 338 valence electrons. The minimum atomic E-state index is -1.40. The number of allylic oxidation sites excluding steroid dienone is 3. The predicted molar refractivity (Wildman–Crippen MR) is 248 cm³/mol. The van der Waals surface area contributed by atoms with Crippen molar-refractivity contribution in [3.8, 4) is 0 Å². The number of nitrogens with zero attached hydrogens (tertiary/aromatic N) is 3. The summed E-state index contributed by atoms with van der Waals surface area (Å²) in [6.45, 7) is 12.4. The van der Waals surface area contributed by atoms with Crippen molar-refractivity contribution < 1.29 is 47.3 Å². The Hall–Kier alpha value is -4.88. The number of Topliss-reactive ketones (excluding diaryl/α,β-unsaturated/α-hetero) is 1.